The summed E-state index contributed by atoms with van der Waals surface area (Å²) in [5.41, 5.74) is -2.28. The van der Waals surface area contributed by atoms with Gasteiger partial charge in [0.25, 0.3) is 11.6 Å². The van der Waals surface area contributed by atoms with Crippen molar-refractivity contribution in [3.8, 4) is 0 Å². The van der Waals surface area contributed by atoms with Crippen LogP contribution >= 0.6 is 0 Å². The van der Waals surface area contributed by atoms with Crippen LogP contribution in [0.5, 0.6) is 0 Å². The fourth-order valence-corrected chi connectivity index (χ4v) is 2.54. The van der Waals surface area contributed by atoms with Gasteiger partial charge in [-0.25, -0.2) is 4.79 Å². The lowest BCUT2D eigenvalue weighted by atomic mass is 10.1. The zero-order valence-corrected chi connectivity index (χ0v) is 15.2. The number of benzene rings is 1. The molecule has 0 unspecified atom stereocenters. The van der Waals surface area contributed by atoms with Crippen molar-refractivity contribution in [3.63, 3.8) is 0 Å². The van der Waals surface area contributed by atoms with E-state index in [0.717, 1.165) is 18.9 Å². The summed E-state index contributed by atoms with van der Waals surface area (Å²) in [6, 6.07) is 0.780. The van der Waals surface area contributed by atoms with Crippen molar-refractivity contribution in [2.75, 3.05) is 11.9 Å². The third-order valence-electron chi connectivity index (χ3n) is 4.31. The van der Waals surface area contributed by atoms with Gasteiger partial charge in [0.2, 0.25) is 0 Å². The number of amides is 1. The summed E-state index contributed by atoms with van der Waals surface area (Å²) < 4.78 is 43.0. The highest BCUT2D eigenvalue weighted by Crippen LogP contribution is 2.35. The Balaban J connectivity index is 1.95. The van der Waals surface area contributed by atoms with Crippen LogP contribution in [-0.4, -0.2) is 35.5 Å². The van der Waals surface area contributed by atoms with Gasteiger partial charge < -0.3 is 15.4 Å². The van der Waals surface area contributed by atoms with Gasteiger partial charge in [-0.3, -0.25) is 14.9 Å². The second-order valence-electron chi connectivity index (χ2n) is 6.65. The predicted octanol–water partition coefficient (Wildman–Crippen LogP) is 2.87. The Hall–Kier alpha value is -2.85. The molecular weight excluding hydrogens is 383 g/mol. The Kier molecular flexibility index (Phi) is 6.47. The summed E-state index contributed by atoms with van der Waals surface area (Å²) in [5.74, 6) is -0.913. The maximum atomic E-state index is 12.7. The Labute approximate surface area is 158 Å². The van der Waals surface area contributed by atoms with E-state index in [0.29, 0.717) is 18.1 Å². The first-order chi connectivity index (χ1) is 13.0. The van der Waals surface area contributed by atoms with Crippen molar-refractivity contribution >= 4 is 23.3 Å². The van der Waals surface area contributed by atoms with E-state index in [-0.39, 0.29) is 11.7 Å². The monoisotopic (exact) mass is 403 g/mol. The van der Waals surface area contributed by atoms with Crippen molar-refractivity contribution in [2.24, 2.45) is 5.92 Å². The molecule has 1 fully saturated rings. The number of rotatable bonds is 8. The van der Waals surface area contributed by atoms with Crippen molar-refractivity contribution in [2.45, 2.75) is 44.9 Å². The van der Waals surface area contributed by atoms with Crippen molar-refractivity contribution < 1.29 is 32.4 Å². The van der Waals surface area contributed by atoms with Crippen LogP contribution in [0.2, 0.25) is 0 Å². The maximum absolute atomic E-state index is 12.7. The number of hydrogen-bond acceptors (Lipinski definition) is 6. The van der Waals surface area contributed by atoms with E-state index < -0.39 is 46.9 Å². The molecule has 1 aliphatic carbocycles. The molecule has 1 amide bonds. The molecule has 154 valence electrons. The smallest absolute Gasteiger partial charge is 0.416 e. The molecular formula is C17H20F3N3O5. The molecule has 8 nitrogen and oxygen atoms in total. The van der Waals surface area contributed by atoms with Crippen LogP contribution in [0.25, 0.3) is 0 Å². The Morgan fingerprint density at radius 1 is 1.32 bits per heavy atom. The molecule has 2 rings (SSSR count). The Morgan fingerprint density at radius 3 is 2.50 bits per heavy atom. The maximum Gasteiger partial charge on any atom is 0.416 e. The summed E-state index contributed by atoms with van der Waals surface area (Å²) >= 11 is 0. The number of carbonyl (C=O) groups is 2. The quantitative estimate of drug-likeness (QED) is 0.392. The number of nitro groups is 1. The van der Waals surface area contributed by atoms with Crippen molar-refractivity contribution in [1.29, 1.82) is 0 Å². The highest BCUT2D eigenvalue weighted by molar-refractivity contribution is 5.84. The molecule has 1 aromatic rings. The molecule has 1 saturated carbocycles. The summed E-state index contributed by atoms with van der Waals surface area (Å²) in [4.78, 5) is 33.8. The third-order valence-corrected chi connectivity index (χ3v) is 4.31. The highest BCUT2D eigenvalue weighted by Gasteiger charge is 2.33. The minimum atomic E-state index is -4.74. The van der Waals surface area contributed by atoms with Gasteiger partial charge in [0.05, 0.1) is 10.5 Å². The minimum Gasteiger partial charge on any atom is -0.454 e. The minimum absolute atomic E-state index is 0.0171. The van der Waals surface area contributed by atoms with Gasteiger partial charge in [0.1, 0.15) is 11.7 Å². The topological polar surface area (TPSA) is 111 Å². The Bertz CT molecular complexity index is 765. The number of carbonyl (C=O) groups excluding carboxylic acids is 2. The van der Waals surface area contributed by atoms with E-state index in [1.165, 1.54) is 6.92 Å². The third kappa shape index (κ3) is 5.83. The van der Waals surface area contributed by atoms with Crippen molar-refractivity contribution in [1.82, 2.24) is 5.32 Å². The highest BCUT2D eigenvalue weighted by atomic mass is 19.4. The molecule has 0 radical (unpaired) electrons. The molecule has 0 aliphatic heterocycles. The largest absolute Gasteiger partial charge is 0.454 e. The fraction of sp³-hybridized carbons (Fsp3) is 0.529. The van der Waals surface area contributed by atoms with Crippen LogP contribution in [0.3, 0.4) is 0 Å². The molecule has 1 aromatic carbocycles. The molecule has 2 N–H and O–H groups in total. The van der Waals surface area contributed by atoms with Gasteiger partial charge in [-0.15, -0.1) is 0 Å². The SMILES string of the molecule is C[C@H](Nc1ccc(C(F)(F)F)cc1[N+](=O)[O-])C(=O)OCC(=O)N[C@@H](C)C1CC1. The average molecular weight is 403 g/mol. The molecule has 28 heavy (non-hydrogen) atoms. The van der Waals surface area contributed by atoms with E-state index in [1.54, 1.807) is 0 Å². The number of anilines is 1. The van der Waals surface area contributed by atoms with Crippen LogP contribution in [-0.2, 0) is 20.5 Å². The Morgan fingerprint density at radius 2 is 1.96 bits per heavy atom. The normalized spacial score (nSPS) is 16.0. The first-order valence-electron chi connectivity index (χ1n) is 8.57. The zero-order valence-electron chi connectivity index (χ0n) is 15.2. The fourth-order valence-electron chi connectivity index (χ4n) is 2.54. The summed E-state index contributed by atoms with van der Waals surface area (Å²) in [7, 11) is 0. The van der Waals surface area contributed by atoms with Crippen LogP contribution in [0.4, 0.5) is 24.5 Å². The predicted molar refractivity (Wildman–Crippen MR) is 92.5 cm³/mol. The zero-order chi connectivity index (χ0) is 21.1. The molecule has 0 aromatic heterocycles. The van der Waals surface area contributed by atoms with Gasteiger partial charge in [-0.05, 0) is 44.7 Å². The van der Waals surface area contributed by atoms with Crippen LogP contribution in [0.15, 0.2) is 18.2 Å². The number of nitrogens with zero attached hydrogens (tertiary/aromatic N) is 1. The lowest BCUT2D eigenvalue weighted by Crippen LogP contribution is -2.38. The van der Waals surface area contributed by atoms with E-state index >= 15 is 0 Å². The molecule has 0 saturated heterocycles. The van der Waals surface area contributed by atoms with E-state index in [1.807, 2.05) is 6.92 Å². The average Bonchev–Trinajstić information content (AvgIpc) is 3.43. The van der Waals surface area contributed by atoms with E-state index in [2.05, 4.69) is 10.6 Å². The molecule has 0 heterocycles. The van der Waals surface area contributed by atoms with E-state index in [9.17, 15) is 32.9 Å². The number of ether oxygens (including phenoxy) is 1. The summed E-state index contributed by atoms with van der Waals surface area (Å²) in [5, 5.41) is 16.2. The number of hydrogen-bond donors (Lipinski definition) is 2. The number of esters is 1. The van der Waals surface area contributed by atoms with Gasteiger partial charge >= 0.3 is 12.1 Å². The number of nitro benzene ring substituents is 1. The molecule has 0 spiro atoms. The summed E-state index contributed by atoms with van der Waals surface area (Å²) in [6.07, 6.45) is -2.67. The van der Waals surface area contributed by atoms with E-state index in [4.69, 9.17) is 4.74 Å². The molecule has 1 aliphatic rings. The van der Waals surface area contributed by atoms with Gasteiger partial charge in [0, 0.05) is 12.1 Å². The lowest BCUT2D eigenvalue weighted by Gasteiger charge is -2.16. The van der Waals surface area contributed by atoms with Crippen LogP contribution in [0.1, 0.15) is 32.3 Å². The first kappa shape index (κ1) is 21.5. The van der Waals surface area contributed by atoms with Crippen molar-refractivity contribution in [3.05, 3.63) is 33.9 Å². The van der Waals surface area contributed by atoms with Gasteiger partial charge in [-0.1, -0.05) is 0 Å². The molecule has 2 atom stereocenters. The van der Waals surface area contributed by atoms with Gasteiger partial charge in [-0.2, -0.15) is 13.2 Å². The molecule has 11 heteroatoms. The number of nitrogens with one attached hydrogen (secondary N) is 2. The lowest BCUT2D eigenvalue weighted by molar-refractivity contribution is -0.384. The summed E-state index contributed by atoms with van der Waals surface area (Å²) in [6.45, 7) is 2.65. The van der Waals surface area contributed by atoms with Crippen LogP contribution in [0, 0.1) is 16.0 Å². The van der Waals surface area contributed by atoms with Crippen LogP contribution < -0.4 is 10.6 Å². The standard InChI is InChI=1S/C17H20F3N3O5/c1-9(11-3-4-11)22-15(24)8-28-16(25)10(2)21-13-6-5-12(17(18,19)20)7-14(13)23(26)27/h5-7,9-11,21H,3-4,8H2,1-2H3,(H,22,24)/t9-,10-/m0/s1. The first-order valence-corrected chi connectivity index (χ1v) is 8.57. The second-order valence-corrected chi connectivity index (χ2v) is 6.65. The number of alkyl halides is 3. The number of halogens is 3. The molecule has 0 bridgehead atoms. The second kappa shape index (κ2) is 8.44. The van der Waals surface area contributed by atoms with Gasteiger partial charge in [0.15, 0.2) is 6.61 Å².